The highest BCUT2D eigenvalue weighted by molar-refractivity contribution is 5.93. The lowest BCUT2D eigenvalue weighted by Gasteiger charge is -2.10. The zero-order valence-corrected chi connectivity index (χ0v) is 12.1. The predicted molar refractivity (Wildman–Crippen MR) is 84.1 cm³/mol. The van der Waals surface area contributed by atoms with E-state index in [-0.39, 0.29) is 5.91 Å². The molecule has 0 saturated heterocycles. The van der Waals surface area contributed by atoms with Crippen molar-refractivity contribution in [1.82, 2.24) is 0 Å². The number of hydrogen-bond donors (Lipinski definition) is 2. The van der Waals surface area contributed by atoms with Gasteiger partial charge in [-0.1, -0.05) is 25.1 Å². The quantitative estimate of drug-likeness (QED) is 0.904. The fraction of sp³-hybridized carbons (Fsp3) is 0.176. The molecule has 0 aliphatic heterocycles. The van der Waals surface area contributed by atoms with E-state index < -0.39 is 5.91 Å². The van der Waals surface area contributed by atoms with Gasteiger partial charge < -0.3 is 11.1 Å². The van der Waals surface area contributed by atoms with Crippen molar-refractivity contribution in [1.29, 1.82) is 0 Å². The first-order valence-corrected chi connectivity index (χ1v) is 6.82. The number of carbonyl (C=O) groups is 2. The lowest BCUT2D eigenvalue weighted by molar-refractivity contribution is -0.115. The summed E-state index contributed by atoms with van der Waals surface area (Å²) < 4.78 is 0. The summed E-state index contributed by atoms with van der Waals surface area (Å²) in [5, 5.41) is 2.84. The summed E-state index contributed by atoms with van der Waals surface area (Å²) in [7, 11) is 0. The molecule has 0 radical (unpaired) electrons. The van der Waals surface area contributed by atoms with Crippen LogP contribution in [-0.2, 0) is 4.79 Å². The lowest BCUT2D eigenvalue weighted by atomic mass is 9.99. The van der Waals surface area contributed by atoms with Gasteiger partial charge >= 0.3 is 0 Å². The molecule has 0 bridgehead atoms. The van der Waals surface area contributed by atoms with E-state index in [1.165, 1.54) is 0 Å². The number of primary amides is 1. The molecule has 0 fully saturated rings. The van der Waals surface area contributed by atoms with Gasteiger partial charge in [-0.25, -0.2) is 0 Å². The van der Waals surface area contributed by atoms with Gasteiger partial charge in [0.25, 0.3) is 0 Å². The first-order valence-electron chi connectivity index (χ1n) is 6.82. The van der Waals surface area contributed by atoms with Crippen molar-refractivity contribution in [2.24, 2.45) is 5.73 Å². The summed E-state index contributed by atoms with van der Waals surface area (Å²) >= 11 is 0. The van der Waals surface area contributed by atoms with Gasteiger partial charge in [0.1, 0.15) is 0 Å². The number of carbonyl (C=O) groups excluding carboxylic acids is 2. The van der Waals surface area contributed by atoms with Crippen LogP contribution in [0.5, 0.6) is 0 Å². The minimum absolute atomic E-state index is 0.00652. The van der Waals surface area contributed by atoms with Gasteiger partial charge in [-0.3, -0.25) is 9.59 Å². The van der Waals surface area contributed by atoms with Crippen LogP contribution < -0.4 is 11.1 Å². The Labute approximate surface area is 124 Å². The summed E-state index contributed by atoms with van der Waals surface area (Å²) in [4.78, 5) is 22.5. The van der Waals surface area contributed by atoms with Crippen molar-refractivity contribution in [3.8, 4) is 11.1 Å². The maximum absolute atomic E-state index is 11.4. The van der Waals surface area contributed by atoms with E-state index in [1.54, 1.807) is 12.1 Å². The van der Waals surface area contributed by atoms with Crippen molar-refractivity contribution in [3.63, 3.8) is 0 Å². The van der Waals surface area contributed by atoms with Crippen LogP contribution in [0.2, 0.25) is 0 Å². The molecule has 0 unspecified atom stereocenters. The van der Waals surface area contributed by atoms with Crippen molar-refractivity contribution < 1.29 is 9.59 Å². The average Bonchev–Trinajstić information content (AvgIpc) is 2.47. The standard InChI is InChI=1S/C17H18N2O2/c1-3-16(20)19-14-8-9-15(11(2)10-14)12-4-6-13(7-5-12)17(18)21/h4-10H,3H2,1-2H3,(H2,18,21)(H,19,20). The van der Waals surface area contributed by atoms with Crippen LogP contribution in [0.4, 0.5) is 5.69 Å². The highest BCUT2D eigenvalue weighted by Gasteiger charge is 2.06. The third kappa shape index (κ3) is 3.48. The fourth-order valence-corrected chi connectivity index (χ4v) is 2.13. The number of anilines is 1. The summed E-state index contributed by atoms with van der Waals surface area (Å²) in [5.74, 6) is -0.441. The largest absolute Gasteiger partial charge is 0.366 e. The van der Waals surface area contributed by atoms with Gasteiger partial charge in [0.05, 0.1) is 0 Å². The molecule has 0 heterocycles. The maximum atomic E-state index is 11.4. The Morgan fingerprint density at radius 1 is 1.10 bits per heavy atom. The van der Waals surface area contributed by atoms with Crippen LogP contribution in [0.25, 0.3) is 11.1 Å². The number of amides is 2. The van der Waals surface area contributed by atoms with Crippen molar-refractivity contribution >= 4 is 17.5 Å². The van der Waals surface area contributed by atoms with E-state index in [2.05, 4.69) is 5.32 Å². The number of rotatable bonds is 4. The first kappa shape index (κ1) is 14.8. The molecule has 2 amide bonds. The van der Waals surface area contributed by atoms with E-state index in [9.17, 15) is 9.59 Å². The molecular weight excluding hydrogens is 264 g/mol. The number of benzene rings is 2. The maximum Gasteiger partial charge on any atom is 0.248 e. The Kier molecular flexibility index (Phi) is 4.38. The third-order valence-electron chi connectivity index (χ3n) is 3.31. The second-order valence-electron chi connectivity index (χ2n) is 4.87. The number of aryl methyl sites for hydroxylation is 1. The normalized spacial score (nSPS) is 10.2. The Hall–Kier alpha value is -2.62. The summed E-state index contributed by atoms with van der Waals surface area (Å²) in [6, 6.07) is 12.9. The molecule has 0 aliphatic rings. The molecule has 2 aromatic rings. The monoisotopic (exact) mass is 282 g/mol. The molecule has 0 saturated carbocycles. The average molecular weight is 282 g/mol. The summed E-state index contributed by atoms with van der Waals surface area (Å²) in [6.45, 7) is 3.80. The smallest absolute Gasteiger partial charge is 0.248 e. The van der Waals surface area contributed by atoms with E-state index in [0.29, 0.717) is 12.0 Å². The molecule has 108 valence electrons. The van der Waals surface area contributed by atoms with E-state index in [0.717, 1.165) is 22.4 Å². The van der Waals surface area contributed by atoms with Gasteiger partial charge in [-0.05, 0) is 47.9 Å². The Bertz CT molecular complexity index is 676. The Morgan fingerprint density at radius 2 is 1.76 bits per heavy atom. The molecule has 4 heteroatoms. The van der Waals surface area contributed by atoms with Crippen LogP contribution in [-0.4, -0.2) is 11.8 Å². The van der Waals surface area contributed by atoms with Crippen LogP contribution in [0, 0.1) is 6.92 Å². The highest BCUT2D eigenvalue weighted by Crippen LogP contribution is 2.26. The summed E-state index contributed by atoms with van der Waals surface area (Å²) in [6.07, 6.45) is 0.454. The van der Waals surface area contributed by atoms with Crippen molar-refractivity contribution in [2.45, 2.75) is 20.3 Å². The minimum atomic E-state index is -0.434. The number of nitrogens with one attached hydrogen (secondary N) is 1. The molecule has 3 N–H and O–H groups in total. The molecule has 4 nitrogen and oxygen atoms in total. The molecular formula is C17H18N2O2. The molecule has 0 spiro atoms. The zero-order chi connectivity index (χ0) is 15.4. The van der Waals surface area contributed by atoms with Crippen LogP contribution in [0.1, 0.15) is 29.3 Å². The van der Waals surface area contributed by atoms with Crippen molar-refractivity contribution in [3.05, 3.63) is 53.6 Å². The van der Waals surface area contributed by atoms with Crippen LogP contribution >= 0.6 is 0 Å². The number of nitrogens with two attached hydrogens (primary N) is 1. The highest BCUT2D eigenvalue weighted by atomic mass is 16.1. The molecule has 0 atom stereocenters. The third-order valence-corrected chi connectivity index (χ3v) is 3.31. The van der Waals surface area contributed by atoms with E-state index in [4.69, 9.17) is 5.73 Å². The minimum Gasteiger partial charge on any atom is -0.366 e. The van der Waals surface area contributed by atoms with Gasteiger partial charge in [0, 0.05) is 17.7 Å². The molecule has 21 heavy (non-hydrogen) atoms. The van der Waals surface area contributed by atoms with Crippen LogP contribution in [0.15, 0.2) is 42.5 Å². The first-order chi connectivity index (χ1) is 10.0. The molecule has 0 aliphatic carbocycles. The molecule has 2 aromatic carbocycles. The second-order valence-corrected chi connectivity index (χ2v) is 4.87. The second kappa shape index (κ2) is 6.22. The lowest BCUT2D eigenvalue weighted by Crippen LogP contribution is -2.10. The SMILES string of the molecule is CCC(=O)Nc1ccc(-c2ccc(C(N)=O)cc2)c(C)c1. The van der Waals surface area contributed by atoms with Gasteiger partial charge in [0.15, 0.2) is 0 Å². The fourth-order valence-electron chi connectivity index (χ4n) is 2.13. The van der Waals surface area contributed by atoms with Gasteiger partial charge in [0.2, 0.25) is 11.8 Å². The van der Waals surface area contributed by atoms with Gasteiger partial charge in [-0.2, -0.15) is 0 Å². The summed E-state index contributed by atoms with van der Waals surface area (Å²) in [5.41, 5.74) is 9.62. The van der Waals surface area contributed by atoms with Gasteiger partial charge in [-0.15, -0.1) is 0 Å². The van der Waals surface area contributed by atoms with E-state index in [1.807, 2.05) is 44.2 Å². The Balaban J connectivity index is 2.28. The molecule has 0 aromatic heterocycles. The predicted octanol–water partition coefficient (Wildman–Crippen LogP) is 3.11. The zero-order valence-electron chi connectivity index (χ0n) is 12.1. The molecule has 2 rings (SSSR count). The Morgan fingerprint density at radius 3 is 2.29 bits per heavy atom. The van der Waals surface area contributed by atoms with Crippen molar-refractivity contribution in [2.75, 3.05) is 5.32 Å². The topological polar surface area (TPSA) is 72.2 Å². The van der Waals surface area contributed by atoms with E-state index >= 15 is 0 Å². The number of hydrogen-bond acceptors (Lipinski definition) is 2. The van der Waals surface area contributed by atoms with Crippen LogP contribution in [0.3, 0.4) is 0 Å².